The van der Waals surface area contributed by atoms with Gasteiger partial charge in [0, 0.05) is 17.3 Å². The number of hydrogen-bond acceptors (Lipinski definition) is 1. The van der Waals surface area contributed by atoms with E-state index in [-0.39, 0.29) is 6.42 Å². The molecule has 1 aromatic carbocycles. The van der Waals surface area contributed by atoms with Crippen LogP contribution in [0.25, 0.3) is 0 Å². The molecule has 0 aliphatic heterocycles. The Morgan fingerprint density at radius 2 is 2.07 bits per heavy atom. The second kappa shape index (κ2) is 4.67. The Morgan fingerprint density at radius 3 is 2.67 bits per heavy atom. The van der Waals surface area contributed by atoms with Crippen molar-refractivity contribution in [1.29, 1.82) is 5.26 Å². The van der Waals surface area contributed by atoms with Crippen LogP contribution >= 0.6 is 15.9 Å². The molecule has 1 nitrogen and oxygen atoms in total. The fourth-order valence-electron chi connectivity index (χ4n) is 1.13. The molecule has 0 aliphatic carbocycles. The summed E-state index contributed by atoms with van der Waals surface area (Å²) in [6, 6.07) is 4.97. The zero-order chi connectivity index (χ0) is 11.5. The molecular formula is C10H7BrF3N. The summed E-state index contributed by atoms with van der Waals surface area (Å²) in [6.07, 6.45) is -0.976. The van der Waals surface area contributed by atoms with Crippen LogP contribution in [0.4, 0.5) is 13.2 Å². The maximum atomic E-state index is 13.4. The summed E-state index contributed by atoms with van der Waals surface area (Å²) in [4.78, 5) is 0. The van der Waals surface area contributed by atoms with Crippen LogP contribution in [0.15, 0.2) is 22.7 Å². The van der Waals surface area contributed by atoms with E-state index in [1.165, 1.54) is 6.07 Å². The second-order valence-electron chi connectivity index (χ2n) is 2.99. The zero-order valence-electron chi connectivity index (χ0n) is 7.61. The largest absolute Gasteiger partial charge is 0.277 e. The lowest BCUT2D eigenvalue weighted by Crippen LogP contribution is -2.15. The summed E-state index contributed by atoms with van der Waals surface area (Å²) >= 11 is 2.99. The Hall–Kier alpha value is -1.02. The maximum Gasteiger partial charge on any atom is 0.277 e. The van der Waals surface area contributed by atoms with Gasteiger partial charge in [-0.1, -0.05) is 15.9 Å². The molecule has 0 unspecified atom stereocenters. The zero-order valence-corrected chi connectivity index (χ0v) is 9.19. The molecule has 0 atom stereocenters. The normalized spacial score (nSPS) is 11.1. The second-order valence-corrected chi connectivity index (χ2v) is 3.90. The average Bonchev–Trinajstić information content (AvgIpc) is 2.18. The highest BCUT2D eigenvalue weighted by Gasteiger charge is 2.34. The van der Waals surface area contributed by atoms with E-state index in [1.807, 2.05) is 0 Å². The molecule has 5 heteroatoms. The van der Waals surface area contributed by atoms with Gasteiger partial charge in [0.25, 0.3) is 5.92 Å². The molecule has 0 saturated carbocycles. The molecule has 0 fully saturated rings. The first-order valence-electron chi connectivity index (χ1n) is 4.17. The van der Waals surface area contributed by atoms with Gasteiger partial charge in [-0.2, -0.15) is 5.26 Å². The summed E-state index contributed by atoms with van der Waals surface area (Å²) in [7, 11) is 0. The van der Waals surface area contributed by atoms with E-state index in [9.17, 15) is 13.2 Å². The molecule has 80 valence electrons. The van der Waals surface area contributed by atoms with Gasteiger partial charge in [-0.15, -0.1) is 0 Å². The van der Waals surface area contributed by atoms with Crippen LogP contribution in [0.5, 0.6) is 0 Å². The molecule has 0 aliphatic rings. The van der Waals surface area contributed by atoms with Crippen molar-refractivity contribution < 1.29 is 13.2 Å². The first kappa shape index (κ1) is 12.1. The summed E-state index contributed by atoms with van der Waals surface area (Å²) < 4.78 is 40.2. The minimum atomic E-state index is -3.30. The third-order valence-corrected chi connectivity index (χ3v) is 2.37. The SMILES string of the molecule is N#CCCC(F)(F)c1cc(Br)ccc1F. The van der Waals surface area contributed by atoms with Crippen LogP contribution in [-0.2, 0) is 5.92 Å². The van der Waals surface area contributed by atoms with E-state index in [0.29, 0.717) is 4.47 Å². The van der Waals surface area contributed by atoms with Gasteiger partial charge in [0.2, 0.25) is 0 Å². The van der Waals surface area contributed by atoms with Crippen molar-refractivity contribution in [2.75, 3.05) is 0 Å². The van der Waals surface area contributed by atoms with Crippen LogP contribution in [0, 0.1) is 17.1 Å². The molecule has 1 aromatic rings. The number of nitriles is 1. The molecule has 0 bridgehead atoms. The fourth-order valence-corrected chi connectivity index (χ4v) is 1.49. The summed E-state index contributed by atoms with van der Waals surface area (Å²) in [5.74, 6) is -4.26. The van der Waals surface area contributed by atoms with Gasteiger partial charge in [0.1, 0.15) is 5.82 Å². The smallest absolute Gasteiger partial charge is 0.206 e. The Kier molecular flexibility index (Phi) is 3.75. The lowest BCUT2D eigenvalue weighted by atomic mass is 10.0. The third-order valence-electron chi connectivity index (χ3n) is 1.87. The summed E-state index contributed by atoms with van der Waals surface area (Å²) in [5.41, 5.74) is -0.674. The van der Waals surface area contributed by atoms with E-state index >= 15 is 0 Å². The van der Waals surface area contributed by atoms with E-state index < -0.39 is 23.7 Å². The molecule has 0 amide bonds. The van der Waals surface area contributed by atoms with Crippen LogP contribution in [0.1, 0.15) is 18.4 Å². The maximum absolute atomic E-state index is 13.4. The van der Waals surface area contributed by atoms with E-state index in [0.717, 1.165) is 12.1 Å². The Morgan fingerprint density at radius 1 is 1.40 bits per heavy atom. The molecule has 0 N–H and O–H groups in total. The van der Waals surface area contributed by atoms with Crippen molar-refractivity contribution in [1.82, 2.24) is 0 Å². The molecule has 0 aromatic heterocycles. The highest BCUT2D eigenvalue weighted by Crippen LogP contribution is 2.35. The third kappa shape index (κ3) is 2.96. The molecular weight excluding hydrogens is 271 g/mol. The predicted octanol–water partition coefficient (Wildman–Crippen LogP) is 3.98. The summed E-state index contributed by atoms with van der Waals surface area (Å²) in [5, 5.41) is 8.21. The molecule has 0 heterocycles. The van der Waals surface area contributed by atoms with Gasteiger partial charge in [-0.25, -0.2) is 13.2 Å². The van der Waals surface area contributed by atoms with Gasteiger partial charge < -0.3 is 0 Å². The van der Waals surface area contributed by atoms with E-state index in [4.69, 9.17) is 5.26 Å². The molecule has 1 rings (SSSR count). The van der Waals surface area contributed by atoms with Crippen LogP contribution in [0.2, 0.25) is 0 Å². The lowest BCUT2D eigenvalue weighted by molar-refractivity contribution is -0.0153. The highest BCUT2D eigenvalue weighted by atomic mass is 79.9. The molecule has 0 radical (unpaired) electrons. The predicted molar refractivity (Wildman–Crippen MR) is 52.8 cm³/mol. The van der Waals surface area contributed by atoms with Crippen LogP contribution in [0.3, 0.4) is 0 Å². The first-order valence-corrected chi connectivity index (χ1v) is 4.97. The number of alkyl halides is 2. The van der Waals surface area contributed by atoms with Crippen LogP contribution < -0.4 is 0 Å². The number of nitrogens with zero attached hydrogens (tertiary/aromatic N) is 1. The Labute approximate surface area is 93.6 Å². The van der Waals surface area contributed by atoms with Crippen molar-refractivity contribution in [3.05, 3.63) is 34.1 Å². The van der Waals surface area contributed by atoms with Crippen molar-refractivity contribution in [2.24, 2.45) is 0 Å². The monoisotopic (exact) mass is 277 g/mol. The number of hydrogen-bond donors (Lipinski definition) is 0. The Balaban J connectivity index is 3.03. The lowest BCUT2D eigenvalue weighted by Gasteiger charge is -2.16. The average molecular weight is 278 g/mol. The van der Waals surface area contributed by atoms with Crippen LogP contribution in [-0.4, -0.2) is 0 Å². The van der Waals surface area contributed by atoms with Gasteiger partial charge >= 0.3 is 0 Å². The van der Waals surface area contributed by atoms with Crippen molar-refractivity contribution in [2.45, 2.75) is 18.8 Å². The highest BCUT2D eigenvalue weighted by molar-refractivity contribution is 9.10. The number of benzene rings is 1. The van der Waals surface area contributed by atoms with Crippen molar-refractivity contribution in [3.63, 3.8) is 0 Å². The molecule has 0 spiro atoms. The van der Waals surface area contributed by atoms with Gasteiger partial charge in [-0.3, -0.25) is 0 Å². The van der Waals surface area contributed by atoms with Crippen molar-refractivity contribution >= 4 is 15.9 Å². The molecule has 15 heavy (non-hydrogen) atoms. The minimum absolute atomic E-state index is 0.307. The summed E-state index contributed by atoms with van der Waals surface area (Å²) in [6.45, 7) is 0. The van der Waals surface area contributed by atoms with Gasteiger partial charge in [0.05, 0.1) is 11.6 Å². The number of rotatable bonds is 3. The quantitative estimate of drug-likeness (QED) is 0.820. The number of halogens is 4. The van der Waals surface area contributed by atoms with E-state index in [2.05, 4.69) is 15.9 Å². The minimum Gasteiger partial charge on any atom is -0.206 e. The first-order chi connectivity index (χ1) is 6.97. The van der Waals surface area contributed by atoms with Gasteiger partial charge in [0.15, 0.2) is 0 Å². The van der Waals surface area contributed by atoms with Gasteiger partial charge in [-0.05, 0) is 18.2 Å². The standard InChI is InChI=1S/C10H7BrF3N/c11-7-2-3-9(12)8(6-7)10(13,14)4-1-5-15/h2-3,6H,1,4H2. The fraction of sp³-hybridized carbons (Fsp3) is 0.300. The topological polar surface area (TPSA) is 23.8 Å². The van der Waals surface area contributed by atoms with E-state index in [1.54, 1.807) is 6.07 Å². The Bertz CT molecular complexity index is 398. The molecule has 0 saturated heterocycles. The van der Waals surface area contributed by atoms with Crippen molar-refractivity contribution in [3.8, 4) is 6.07 Å².